The average molecular weight is 670 g/mol. The SMILES string of the molecule is CCC(=O)CCCCC[C@@H]1NC(=O)[C@H]2CCCCN2C(=O)[C@H]([C@@H](C)CC)NC(=O)[C@H](Cc2c(-c3ccccc3)[nH]c3ccccc23)NC1=O. The van der Waals surface area contributed by atoms with Crippen LogP contribution in [-0.4, -0.2) is 70.0 Å². The van der Waals surface area contributed by atoms with Crippen LogP contribution in [0.5, 0.6) is 0 Å². The monoisotopic (exact) mass is 669 g/mol. The van der Waals surface area contributed by atoms with E-state index in [1.54, 1.807) is 4.90 Å². The number of unbranched alkanes of at least 4 members (excludes halogenated alkanes) is 2. The van der Waals surface area contributed by atoms with Crippen molar-refractivity contribution in [2.75, 3.05) is 6.54 Å². The zero-order valence-electron chi connectivity index (χ0n) is 29.1. The zero-order valence-corrected chi connectivity index (χ0v) is 29.1. The minimum atomic E-state index is -1.02. The number of piperidine rings is 1. The molecule has 0 unspecified atom stereocenters. The lowest BCUT2D eigenvalue weighted by molar-refractivity contribution is -0.147. The van der Waals surface area contributed by atoms with Crippen molar-refractivity contribution in [1.82, 2.24) is 25.8 Å². The van der Waals surface area contributed by atoms with Gasteiger partial charge in [-0.05, 0) is 55.2 Å². The number of ketones is 1. The molecule has 3 heterocycles. The summed E-state index contributed by atoms with van der Waals surface area (Å²) in [6.07, 6.45) is 6.28. The summed E-state index contributed by atoms with van der Waals surface area (Å²) in [7, 11) is 0. The minimum Gasteiger partial charge on any atom is -0.354 e. The number of hydrogen-bond donors (Lipinski definition) is 4. The normalized spacial score (nSPS) is 22.7. The first kappa shape index (κ1) is 35.8. The molecule has 2 fully saturated rings. The number of carbonyl (C=O) groups excluding carboxylic acids is 5. The summed E-state index contributed by atoms with van der Waals surface area (Å²) >= 11 is 0. The number of aromatic amines is 1. The second kappa shape index (κ2) is 16.8. The molecule has 0 radical (unpaired) electrons. The van der Waals surface area contributed by atoms with Crippen LogP contribution < -0.4 is 16.0 Å². The van der Waals surface area contributed by atoms with Crippen molar-refractivity contribution >= 4 is 40.3 Å². The lowest BCUT2D eigenvalue weighted by atomic mass is 9.92. The van der Waals surface area contributed by atoms with Crippen LogP contribution in [0.4, 0.5) is 0 Å². The van der Waals surface area contributed by atoms with Gasteiger partial charge in [0.25, 0.3) is 0 Å². The lowest BCUT2D eigenvalue weighted by Gasteiger charge is -2.39. The van der Waals surface area contributed by atoms with E-state index in [1.165, 1.54) is 0 Å². The number of hydrogen-bond acceptors (Lipinski definition) is 5. The number of carbonyl (C=O) groups is 5. The number of H-pyrrole nitrogens is 1. The van der Waals surface area contributed by atoms with Gasteiger partial charge in [-0.3, -0.25) is 24.0 Å². The molecule has 2 aliphatic rings. The molecule has 0 spiro atoms. The average Bonchev–Trinajstić information content (AvgIpc) is 3.50. The quantitative estimate of drug-likeness (QED) is 0.196. The first-order valence-corrected chi connectivity index (χ1v) is 18.1. The summed E-state index contributed by atoms with van der Waals surface area (Å²) < 4.78 is 0. The Hall–Kier alpha value is -4.47. The van der Waals surface area contributed by atoms with E-state index in [9.17, 15) is 24.0 Å². The molecule has 1 aromatic heterocycles. The zero-order chi connectivity index (χ0) is 34.9. The van der Waals surface area contributed by atoms with Gasteiger partial charge in [-0.2, -0.15) is 0 Å². The minimum absolute atomic E-state index is 0.166. The molecule has 0 bridgehead atoms. The van der Waals surface area contributed by atoms with Gasteiger partial charge >= 0.3 is 0 Å². The first-order chi connectivity index (χ1) is 23.7. The highest BCUT2D eigenvalue weighted by Crippen LogP contribution is 2.32. The molecular formula is C39H51N5O5. The molecule has 10 nitrogen and oxygen atoms in total. The second-order valence-corrected chi connectivity index (χ2v) is 13.6. The fourth-order valence-corrected chi connectivity index (χ4v) is 7.09. The summed E-state index contributed by atoms with van der Waals surface area (Å²) in [5.74, 6) is -1.47. The van der Waals surface area contributed by atoms with Crippen LogP contribution in [0.3, 0.4) is 0 Å². The van der Waals surface area contributed by atoms with Gasteiger partial charge in [-0.1, -0.05) is 88.6 Å². The predicted molar refractivity (Wildman–Crippen MR) is 190 cm³/mol. The summed E-state index contributed by atoms with van der Waals surface area (Å²) in [6.45, 7) is 6.17. The van der Waals surface area contributed by atoms with Gasteiger partial charge in [0.05, 0.1) is 0 Å². The predicted octanol–water partition coefficient (Wildman–Crippen LogP) is 5.20. The summed E-state index contributed by atoms with van der Waals surface area (Å²) in [5, 5.41) is 9.98. The fraction of sp³-hybridized carbons (Fsp3) is 0.513. The van der Waals surface area contributed by atoms with Gasteiger partial charge in [0.2, 0.25) is 23.6 Å². The van der Waals surface area contributed by atoms with Crippen LogP contribution in [0.1, 0.15) is 90.5 Å². The maximum atomic E-state index is 14.4. The third kappa shape index (κ3) is 8.58. The molecule has 262 valence electrons. The van der Waals surface area contributed by atoms with E-state index in [-0.39, 0.29) is 29.9 Å². The van der Waals surface area contributed by atoms with E-state index in [4.69, 9.17) is 0 Å². The van der Waals surface area contributed by atoms with Crippen molar-refractivity contribution in [2.45, 2.75) is 116 Å². The molecule has 0 aliphatic carbocycles. The molecule has 5 rings (SSSR count). The molecule has 10 heteroatoms. The molecule has 4 amide bonds. The number of para-hydroxylation sites is 1. The van der Waals surface area contributed by atoms with Crippen LogP contribution in [0, 0.1) is 5.92 Å². The maximum Gasteiger partial charge on any atom is 0.246 e. The van der Waals surface area contributed by atoms with E-state index >= 15 is 0 Å². The van der Waals surface area contributed by atoms with Gasteiger partial charge in [0, 0.05) is 42.4 Å². The fourth-order valence-electron chi connectivity index (χ4n) is 7.09. The van der Waals surface area contributed by atoms with Gasteiger partial charge < -0.3 is 25.8 Å². The van der Waals surface area contributed by atoms with E-state index in [0.717, 1.165) is 47.0 Å². The van der Waals surface area contributed by atoms with Gasteiger partial charge in [0.1, 0.15) is 30.0 Å². The Kier molecular flexibility index (Phi) is 12.3. The number of Topliss-reactive ketones (excluding diaryl/α,β-unsaturated/α-hetero) is 1. The Morgan fingerprint density at radius 3 is 2.31 bits per heavy atom. The molecule has 2 saturated heterocycles. The summed E-state index contributed by atoms with van der Waals surface area (Å²) in [5.41, 5.74) is 3.58. The largest absolute Gasteiger partial charge is 0.354 e. The smallest absolute Gasteiger partial charge is 0.246 e. The van der Waals surface area contributed by atoms with E-state index in [2.05, 4.69) is 20.9 Å². The molecule has 0 saturated carbocycles. The number of aromatic nitrogens is 1. The highest BCUT2D eigenvalue weighted by atomic mass is 16.2. The first-order valence-electron chi connectivity index (χ1n) is 18.1. The third-order valence-corrected chi connectivity index (χ3v) is 10.3. The molecular weight excluding hydrogens is 618 g/mol. The van der Waals surface area contributed by atoms with Crippen LogP contribution in [0.25, 0.3) is 22.2 Å². The number of benzene rings is 2. The van der Waals surface area contributed by atoms with E-state index in [0.29, 0.717) is 51.5 Å². The highest BCUT2D eigenvalue weighted by molar-refractivity contribution is 5.99. The number of nitrogens with one attached hydrogen (secondary N) is 4. The molecule has 3 aromatic rings. The van der Waals surface area contributed by atoms with Crippen molar-refractivity contribution in [3.05, 3.63) is 60.2 Å². The molecule has 2 aliphatic heterocycles. The van der Waals surface area contributed by atoms with Crippen molar-refractivity contribution in [1.29, 1.82) is 0 Å². The van der Waals surface area contributed by atoms with Gasteiger partial charge in [-0.25, -0.2) is 0 Å². The van der Waals surface area contributed by atoms with Crippen LogP contribution in [0.15, 0.2) is 54.6 Å². The van der Waals surface area contributed by atoms with Crippen LogP contribution >= 0.6 is 0 Å². The standard InChI is InChI=1S/C39H51N5O5/c1-4-25(3)34-39(49)44-23-15-14-22-33(44)38(48)41-31(21-11-7-10-18-27(45)5-2)36(46)42-32(37(47)43-34)24-29-28-19-12-13-20-30(28)40-35(29)26-16-8-6-9-17-26/h6,8-9,12-13,16-17,19-20,25,31-34,40H,4-5,7,10-11,14-15,18,21-24H2,1-3H3,(H,41,48)(H,42,46)(H,43,47)/t25-,31-,32-,33+,34-/m0/s1. The van der Waals surface area contributed by atoms with Crippen molar-refractivity contribution in [3.63, 3.8) is 0 Å². The van der Waals surface area contributed by atoms with Crippen LogP contribution in [0.2, 0.25) is 0 Å². The third-order valence-electron chi connectivity index (χ3n) is 10.3. The Labute approximate surface area is 289 Å². The lowest BCUT2D eigenvalue weighted by Crippen LogP contribution is -2.64. The van der Waals surface area contributed by atoms with E-state index < -0.39 is 36.0 Å². The van der Waals surface area contributed by atoms with Crippen molar-refractivity contribution in [2.24, 2.45) is 5.92 Å². The summed E-state index contributed by atoms with van der Waals surface area (Å²) in [4.78, 5) is 73.5. The Balaban J connectivity index is 1.51. The molecule has 5 atom stereocenters. The summed E-state index contributed by atoms with van der Waals surface area (Å²) in [6, 6.07) is 14.3. The number of nitrogens with zero attached hydrogens (tertiary/aromatic N) is 1. The Morgan fingerprint density at radius 2 is 1.55 bits per heavy atom. The highest BCUT2D eigenvalue weighted by Gasteiger charge is 2.41. The maximum absolute atomic E-state index is 14.4. The van der Waals surface area contributed by atoms with Crippen LogP contribution in [-0.2, 0) is 30.4 Å². The van der Waals surface area contributed by atoms with Crippen molar-refractivity contribution in [3.8, 4) is 11.3 Å². The number of amides is 4. The van der Waals surface area contributed by atoms with E-state index in [1.807, 2.05) is 75.4 Å². The van der Waals surface area contributed by atoms with Gasteiger partial charge in [-0.15, -0.1) is 0 Å². The number of rotatable bonds is 12. The molecule has 4 N–H and O–H groups in total. The Morgan fingerprint density at radius 1 is 0.837 bits per heavy atom. The molecule has 49 heavy (non-hydrogen) atoms. The topological polar surface area (TPSA) is 140 Å². The van der Waals surface area contributed by atoms with Crippen molar-refractivity contribution < 1.29 is 24.0 Å². The number of fused-ring (bicyclic) bond motifs is 2. The van der Waals surface area contributed by atoms with Gasteiger partial charge in [0.15, 0.2) is 0 Å². The second-order valence-electron chi connectivity index (χ2n) is 13.6. The molecule has 2 aromatic carbocycles. The Bertz CT molecular complexity index is 1630.